The Hall–Kier alpha value is -0.490. The fourth-order valence-corrected chi connectivity index (χ4v) is 1.96. The van der Waals surface area contributed by atoms with Gasteiger partial charge in [0.05, 0.1) is 5.02 Å². The molecule has 0 aliphatic heterocycles. The van der Waals surface area contributed by atoms with Crippen molar-refractivity contribution in [2.75, 3.05) is 0 Å². The summed E-state index contributed by atoms with van der Waals surface area (Å²) in [6.45, 7) is 2.95. The number of rotatable bonds is 5. The second kappa shape index (κ2) is 6.96. The van der Waals surface area contributed by atoms with Gasteiger partial charge in [0.1, 0.15) is 0 Å². The van der Waals surface area contributed by atoms with Crippen LogP contribution in [0.3, 0.4) is 0 Å². The van der Waals surface area contributed by atoms with Gasteiger partial charge in [0.2, 0.25) is 0 Å². The van der Waals surface area contributed by atoms with E-state index in [9.17, 15) is 0 Å². The predicted octanol–water partition coefficient (Wildman–Crippen LogP) is 3.99. The monoisotopic (exact) mass is 299 g/mol. The minimum absolute atomic E-state index is 0.388. The van der Waals surface area contributed by atoms with E-state index in [1.807, 2.05) is 18.2 Å². The lowest BCUT2D eigenvalue weighted by molar-refractivity contribution is 0.507. The van der Waals surface area contributed by atoms with Gasteiger partial charge in [0.25, 0.3) is 0 Å². The van der Waals surface area contributed by atoms with E-state index in [2.05, 4.69) is 34.1 Å². The molecule has 0 spiro atoms. The Kier molecular flexibility index (Phi) is 5.90. The molecule has 1 rings (SSSR count). The molecule has 0 saturated carbocycles. The van der Waals surface area contributed by atoms with E-state index < -0.39 is 0 Å². The normalized spacial score (nSPS) is 12.1. The first kappa shape index (κ1) is 13.6. The van der Waals surface area contributed by atoms with Crippen LogP contribution in [-0.4, -0.2) is 6.04 Å². The average Bonchev–Trinajstić information content (AvgIpc) is 2.28. The SMILES string of the molecule is C#CCC(CC)NCc1ccc(Cl)c(Br)c1. The summed E-state index contributed by atoms with van der Waals surface area (Å²) < 4.78 is 0.929. The van der Waals surface area contributed by atoms with Crippen LogP contribution in [-0.2, 0) is 6.54 Å². The molecular weight excluding hydrogens is 286 g/mol. The summed E-state index contributed by atoms with van der Waals surface area (Å²) in [4.78, 5) is 0. The minimum Gasteiger partial charge on any atom is -0.309 e. The summed E-state index contributed by atoms with van der Waals surface area (Å²) in [6, 6.07) is 6.32. The molecule has 16 heavy (non-hydrogen) atoms. The molecule has 0 amide bonds. The molecule has 0 heterocycles. The van der Waals surface area contributed by atoms with E-state index in [1.54, 1.807) is 0 Å². The molecular formula is C13H15BrClN. The van der Waals surface area contributed by atoms with E-state index in [4.69, 9.17) is 18.0 Å². The molecule has 0 radical (unpaired) electrons. The molecule has 3 heteroatoms. The number of benzene rings is 1. The number of halogens is 2. The Bertz CT molecular complexity index is 384. The van der Waals surface area contributed by atoms with Crippen molar-refractivity contribution in [2.24, 2.45) is 0 Å². The highest BCUT2D eigenvalue weighted by atomic mass is 79.9. The van der Waals surface area contributed by atoms with Gasteiger partial charge in [-0.3, -0.25) is 0 Å². The average molecular weight is 301 g/mol. The molecule has 1 N–H and O–H groups in total. The zero-order chi connectivity index (χ0) is 12.0. The third-order valence-corrected chi connectivity index (χ3v) is 3.65. The van der Waals surface area contributed by atoms with Gasteiger partial charge in [-0.1, -0.05) is 24.6 Å². The molecule has 0 aromatic heterocycles. The van der Waals surface area contributed by atoms with E-state index in [0.29, 0.717) is 6.04 Å². The Morgan fingerprint density at radius 3 is 2.88 bits per heavy atom. The minimum atomic E-state index is 0.388. The summed E-state index contributed by atoms with van der Waals surface area (Å²) >= 11 is 9.34. The summed E-state index contributed by atoms with van der Waals surface area (Å²) in [5, 5.41) is 4.16. The lowest BCUT2D eigenvalue weighted by Crippen LogP contribution is -2.27. The summed E-state index contributed by atoms with van der Waals surface area (Å²) in [7, 11) is 0. The fourth-order valence-electron chi connectivity index (χ4n) is 1.41. The Morgan fingerprint density at radius 2 is 2.31 bits per heavy atom. The fraction of sp³-hybridized carbons (Fsp3) is 0.385. The largest absolute Gasteiger partial charge is 0.309 e. The van der Waals surface area contributed by atoms with E-state index in [-0.39, 0.29) is 0 Å². The van der Waals surface area contributed by atoms with Crippen molar-refractivity contribution in [3.8, 4) is 12.3 Å². The maximum Gasteiger partial charge on any atom is 0.0548 e. The van der Waals surface area contributed by atoms with Crippen molar-refractivity contribution < 1.29 is 0 Å². The number of hydrogen-bond donors (Lipinski definition) is 1. The third kappa shape index (κ3) is 4.17. The molecule has 0 aliphatic rings. The molecule has 1 aromatic carbocycles. The number of terminal acetylenes is 1. The smallest absolute Gasteiger partial charge is 0.0548 e. The van der Waals surface area contributed by atoms with Gasteiger partial charge in [0, 0.05) is 23.5 Å². The van der Waals surface area contributed by atoms with Crippen LogP contribution in [0.4, 0.5) is 0 Å². The van der Waals surface area contributed by atoms with Crippen LogP contribution in [0.25, 0.3) is 0 Å². The lowest BCUT2D eigenvalue weighted by Gasteiger charge is -2.14. The standard InChI is InChI=1S/C13H15BrClN/c1-3-5-11(4-2)16-9-10-6-7-13(15)12(14)8-10/h1,6-8,11,16H,4-5,9H2,2H3. The topological polar surface area (TPSA) is 12.0 Å². The molecule has 0 aliphatic carbocycles. The third-order valence-electron chi connectivity index (χ3n) is 2.44. The second-order valence-electron chi connectivity index (χ2n) is 3.64. The summed E-state index contributed by atoms with van der Waals surface area (Å²) in [5.41, 5.74) is 1.20. The first-order valence-corrected chi connectivity index (χ1v) is 6.45. The maximum atomic E-state index is 5.93. The zero-order valence-corrected chi connectivity index (χ0v) is 11.6. The summed E-state index contributed by atoms with van der Waals surface area (Å²) in [5.74, 6) is 2.68. The molecule has 0 saturated heterocycles. The van der Waals surface area contributed by atoms with Gasteiger partial charge in [0.15, 0.2) is 0 Å². The molecule has 86 valence electrons. The van der Waals surface area contributed by atoms with Gasteiger partial charge >= 0.3 is 0 Å². The van der Waals surface area contributed by atoms with Crippen LogP contribution in [0.2, 0.25) is 5.02 Å². The molecule has 1 aromatic rings. The second-order valence-corrected chi connectivity index (χ2v) is 4.90. The van der Waals surface area contributed by atoms with Crippen molar-refractivity contribution in [3.05, 3.63) is 33.3 Å². The highest BCUT2D eigenvalue weighted by Crippen LogP contribution is 2.23. The van der Waals surface area contributed by atoms with Gasteiger partial charge in [-0.15, -0.1) is 12.3 Å². The van der Waals surface area contributed by atoms with Crippen LogP contribution < -0.4 is 5.32 Å². The van der Waals surface area contributed by atoms with Gasteiger partial charge < -0.3 is 5.32 Å². The number of nitrogens with one attached hydrogen (secondary N) is 1. The summed E-state index contributed by atoms with van der Waals surface area (Å²) in [6.07, 6.45) is 7.11. The highest BCUT2D eigenvalue weighted by Gasteiger charge is 2.04. The van der Waals surface area contributed by atoms with Gasteiger partial charge in [-0.25, -0.2) is 0 Å². The van der Waals surface area contributed by atoms with E-state index in [1.165, 1.54) is 5.56 Å². The van der Waals surface area contributed by atoms with Crippen molar-refractivity contribution >= 4 is 27.5 Å². The zero-order valence-electron chi connectivity index (χ0n) is 9.26. The quantitative estimate of drug-likeness (QED) is 0.811. The molecule has 1 unspecified atom stereocenters. The molecule has 1 atom stereocenters. The number of hydrogen-bond acceptors (Lipinski definition) is 1. The van der Waals surface area contributed by atoms with Crippen molar-refractivity contribution in [2.45, 2.75) is 32.4 Å². The Labute approximate surface area is 111 Å². The predicted molar refractivity (Wildman–Crippen MR) is 73.5 cm³/mol. The Balaban J connectivity index is 2.54. The first-order chi connectivity index (χ1) is 7.67. The van der Waals surface area contributed by atoms with E-state index in [0.717, 1.165) is 28.9 Å². The van der Waals surface area contributed by atoms with Crippen molar-refractivity contribution in [1.29, 1.82) is 0 Å². The lowest BCUT2D eigenvalue weighted by atomic mass is 10.1. The van der Waals surface area contributed by atoms with E-state index >= 15 is 0 Å². The van der Waals surface area contributed by atoms with Gasteiger partial charge in [-0.05, 0) is 40.0 Å². The first-order valence-electron chi connectivity index (χ1n) is 5.28. The van der Waals surface area contributed by atoms with Crippen LogP contribution in [0, 0.1) is 12.3 Å². The van der Waals surface area contributed by atoms with Crippen LogP contribution >= 0.6 is 27.5 Å². The van der Waals surface area contributed by atoms with Crippen LogP contribution in [0.5, 0.6) is 0 Å². The molecule has 0 fully saturated rings. The molecule has 1 nitrogen and oxygen atoms in total. The Morgan fingerprint density at radius 1 is 1.56 bits per heavy atom. The highest BCUT2D eigenvalue weighted by molar-refractivity contribution is 9.10. The van der Waals surface area contributed by atoms with Crippen LogP contribution in [0.15, 0.2) is 22.7 Å². The van der Waals surface area contributed by atoms with Crippen LogP contribution in [0.1, 0.15) is 25.3 Å². The molecule has 0 bridgehead atoms. The maximum absolute atomic E-state index is 5.93. The van der Waals surface area contributed by atoms with Crippen molar-refractivity contribution in [3.63, 3.8) is 0 Å². The van der Waals surface area contributed by atoms with Gasteiger partial charge in [-0.2, -0.15) is 0 Å². The van der Waals surface area contributed by atoms with Crippen molar-refractivity contribution in [1.82, 2.24) is 5.32 Å².